The van der Waals surface area contributed by atoms with Crippen LogP contribution in [0.2, 0.25) is 0 Å². The number of hydrogen-bond donors (Lipinski definition) is 7. The van der Waals surface area contributed by atoms with Crippen LogP contribution in [0.3, 0.4) is 0 Å². The van der Waals surface area contributed by atoms with Crippen LogP contribution in [-0.2, 0) is 74.6 Å². The molecule has 10 rings (SSSR count). The van der Waals surface area contributed by atoms with Crippen LogP contribution in [0.1, 0.15) is 88.2 Å². The number of nitrogens with one attached hydrogen (secondary N) is 6. The molecule has 20 nitrogen and oxygen atoms in total. The molecule has 2 aliphatic carbocycles. The maximum absolute atomic E-state index is 15.4. The molecule has 0 saturated heterocycles. The standard InChI is InChI=1S/C58H57FN8O12/c1-3-58(76)41-21-46-53-38(26-67(46)55(73)40(41)28-78-56(58)74)52-43(20-18-33-31(2)42(59)22-45(66-53)51(33)52)64-50(71)29-77-30-63-48(69)23-61-54(72)44(19-17-32-11-5-4-6-12-32)65-49(70)25-60-47(68)24-62-57(75)79-27-39-36-15-9-7-13-34(36)35-14-8-10-16-37(35)39/h4-16,21-22,39,43-44,76H,3,17-20,23-30H2,1-2H3,(H,60,68)(H,61,72)(H,62,75)(H,63,69)(H,64,71)(H,65,70)/t43-,44-,58-/m0/s1. The smallest absolute Gasteiger partial charge is 0.407 e. The Hall–Kier alpha value is -8.82. The lowest BCUT2D eigenvalue weighted by atomic mass is 9.81. The predicted octanol–water partition coefficient (Wildman–Crippen LogP) is 3.61. The van der Waals surface area contributed by atoms with Gasteiger partial charge in [-0.3, -0.25) is 28.8 Å². The zero-order valence-corrected chi connectivity index (χ0v) is 43.3. The average Bonchev–Trinajstić information content (AvgIpc) is 4.07. The normalized spacial score (nSPS) is 16.7. The molecule has 21 heteroatoms. The van der Waals surface area contributed by atoms with Gasteiger partial charge in [0.25, 0.3) is 5.56 Å². The second-order valence-electron chi connectivity index (χ2n) is 19.9. The molecule has 0 unspecified atom stereocenters. The van der Waals surface area contributed by atoms with Crippen molar-refractivity contribution >= 4 is 52.5 Å². The molecule has 3 atom stereocenters. The van der Waals surface area contributed by atoms with Gasteiger partial charge in [-0.1, -0.05) is 85.8 Å². The number of pyridine rings is 2. The maximum Gasteiger partial charge on any atom is 0.407 e. The van der Waals surface area contributed by atoms with Gasteiger partial charge in [0.15, 0.2) is 5.60 Å². The average molecular weight is 1080 g/mol. The first-order valence-electron chi connectivity index (χ1n) is 26.0. The van der Waals surface area contributed by atoms with Crippen LogP contribution in [0.25, 0.3) is 33.4 Å². The van der Waals surface area contributed by atoms with Gasteiger partial charge >= 0.3 is 12.1 Å². The summed E-state index contributed by atoms with van der Waals surface area (Å²) in [5.74, 6) is -4.75. The lowest BCUT2D eigenvalue weighted by molar-refractivity contribution is -0.172. The summed E-state index contributed by atoms with van der Waals surface area (Å²) >= 11 is 0. The molecule has 7 N–H and O–H groups in total. The number of esters is 1. The van der Waals surface area contributed by atoms with Gasteiger partial charge in [-0.25, -0.2) is 19.0 Å². The minimum Gasteiger partial charge on any atom is -0.458 e. The molecule has 4 aliphatic rings. The number of halogens is 1. The van der Waals surface area contributed by atoms with E-state index in [9.17, 15) is 43.5 Å². The molecule has 2 aliphatic heterocycles. The summed E-state index contributed by atoms with van der Waals surface area (Å²) in [6.45, 7) is 0.678. The van der Waals surface area contributed by atoms with Gasteiger partial charge in [-0.2, -0.15) is 0 Å². The number of rotatable bonds is 19. The minimum atomic E-state index is -2.05. The minimum absolute atomic E-state index is 0.0463. The van der Waals surface area contributed by atoms with Gasteiger partial charge in [0, 0.05) is 28.5 Å². The number of amides is 6. The third kappa shape index (κ3) is 10.8. The highest BCUT2D eigenvalue weighted by Crippen LogP contribution is 2.47. The van der Waals surface area contributed by atoms with Crippen LogP contribution < -0.4 is 37.5 Å². The second-order valence-corrected chi connectivity index (χ2v) is 19.9. The summed E-state index contributed by atoms with van der Waals surface area (Å²) in [4.78, 5) is 110. The number of aliphatic hydroxyl groups is 1. The van der Waals surface area contributed by atoms with Crippen LogP contribution in [0.15, 0.2) is 95.8 Å². The highest BCUT2D eigenvalue weighted by Gasteiger charge is 2.46. The number of fused-ring (bicyclic) bond motifs is 8. The molecule has 0 spiro atoms. The summed E-state index contributed by atoms with van der Waals surface area (Å²) in [6.07, 6.45) is 0.449. The quantitative estimate of drug-likeness (QED) is 0.0347. The van der Waals surface area contributed by atoms with Crippen molar-refractivity contribution in [3.8, 4) is 22.5 Å². The van der Waals surface area contributed by atoms with E-state index in [1.54, 1.807) is 19.9 Å². The molecule has 0 fully saturated rings. The number of hydrogen-bond acceptors (Lipinski definition) is 13. The fraction of sp³-hybridized carbons (Fsp3) is 0.328. The monoisotopic (exact) mass is 1080 g/mol. The van der Waals surface area contributed by atoms with Gasteiger partial charge in [-0.15, -0.1) is 0 Å². The number of carbonyl (C=O) groups excluding carboxylic acids is 7. The summed E-state index contributed by atoms with van der Waals surface area (Å²) in [6, 6.07) is 26.1. The van der Waals surface area contributed by atoms with Crippen molar-refractivity contribution in [1.29, 1.82) is 0 Å². The molecule has 4 heterocycles. The summed E-state index contributed by atoms with van der Waals surface area (Å²) < 4.78 is 33.1. The first kappa shape index (κ1) is 53.6. The number of cyclic esters (lactones) is 1. The third-order valence-corrected chi connectivity index (χ3v) is 15.1. The Kier molecular flexibility index (Phi) is 15.4. The first-order chi connectivity index (χ1) is 38.1. The second kappa shape index (κ2) is 22.6. The largest absolute Gasteiger partial charge is 0.458 e. The van der Waals surface area contributed by atoms with E-state index in [0.29, 0.717) is 58.2 Å². The Balaban J connectivity index is 0.701. The van der Waals surface area contributed by atoms with Crippen molar-refractivity contribution in [2.45, 2.75) is 82.7 Å². The van der Waals surface area contributed by atoms with E-state index in [-0.39, 0.29) is 49.6 Å². The van der Waals surface area contributed by atoms with E-state index in [1.807, 2.05) is 78.9 Å². The summed E-state index contributed by atoms with van der Waals surface area (Å²) in [5.41, 5.74) is 6.31. The molecule has 6 amide bonds. The fourth-order valence-electron chi connectivity index (χ4n) is 11.1. The number of aromatic nitrogens is 2. The number of alkyl carbamates (subject to hydrolysis) is 1. The highest BCUT2D eigenvalue weighted by molar-refractivity contribution is 5.95. The van der Waals surface area contributed by atoms with E-state index < -0.39 is 104 Å². The van der Waals surface area contributed by atoms with Crippen LogP contribution >= 0.6 is 0 Å². The van der Waals surface area contributed by atoms with Crippen molar-refractivity contribution in [3.05, 3.63) is 157 Å². The number of aryl methyl sites for hydroxylation is 2. The zero-order chi connectivity index (χ0) is 55.5. The van der Waals surface area contributed by atoms with E-state index >= 15 is 4.39 Å². The molecular weight excluding hydrogens is 1020 g/mol. The van der Waals surface area contributed by atoms with Crippen LogP contribution in [0.5, 0.6) is 0 Å². The molecule has 0 saturated carbocycles. The topological polar surface area (TPSA) is 274 Å². The Labute approximate surface area is 451 Å². The van der Waals surface area contributed by atoms with Crippen LogP contribution in [0, 0.1) is 12.7 Å². The number of benzene rings is 4. The van der Waals surface area contributed by atoms with Crippen molar-refractivity contribution in [2.75, 3.05) is 39.6 Å². The van der Waals surface area contributed by atoms with Crippen molar-refractivity contribution in [3.63, 3.8) is 0 Å². The lowest BCUT2D eigenvalue weighted by Crippen LogP contribution is -2.51. The SMILES string of the molecule is CC[C@@]1(O)C(=O)OCc2c1cc1n(c2=O)Cc2c-1nc1cc(F)c(C)c3c1c2[C@@H](NC(=O)COCNC(=O)CNC(=O)[C@H](CCc1ccccc1)NC(=O)CNC(=O)CNC(=O)OCC1c2ccccc2-c2ccccc21)CC3. The van der Waals surface area contributed by atoms with E-state index in [4.69, 9.17) is 19.2 Å². The summed E-state index contributed by atoms with van der Waals surface area (Å²) in [7, 11) is 0. The highest BCUT2D eigenvalue weighted by atomic mass is 19.1. The van der Waals surface area contributed by atoms with Gasteiger partial charge in [-0.05, 0) is 89.6 Å². The Bertz CT molecular complexity index is 3490. The molecule has 4 aromatic carbocycles. The molecule has 2 aromatic heterocycles. The number of carbonyl (C=O) groups is 7. The lowest BCUT2D eigenvalue weighted by Gasteiger charge is -2.31. The van der Waals surface area contributed by atoms with E-state index in [1.165, 1.54) is 10.6 Å². The molecule has 0 radical (unpaired) electrons. The fourth-order valence-corrected chi connectivity index (χ4v) is 11.1. The van der Waals surface area contributed by atoms with Crippen molar-refractivity contribution < 1.29 is 57.3 Å². The molecule has 6 aromatic rings. The van der Waals surface area contributed by atoms with Crippen LogP contribution in [0.4, 0.5) is 9.18 Å². The van der Waals surface area contributed by atoms with Crippen LogP contribution in [-0.4, -0.2) is 102 Å². The van der Waals surface area contributed by atoms with E-state index in [0.717, 1.165) is 33.4 Å². The van der Waals surface area contributed by atoms with Gasteiger partial charge < -0.3 is 55.8 Å². The van der Waals surface area contributed by atoms with E-state index in [2.05, 4.69) is 31.9 Å². The zero-order valence-electron chi connectivity index (χ0n) is 43.3. The summed E-state index contributed by atoms with van der Waals surface area (Å²) in [5, 5.41) is 27.5. The number of ether oxygens (including phenoxy) is 3. The molecule has 79 heavy (non-hydrogen) atoms. The Morgan fingerprint density at radius 2 is 1.52 bits per heavy atom. The Morgan fingerprint density at radius 1 is 0.835 bits per heavy atom. The van der Waals surface area contributed by atoms with Gasteiger partial charge in [0.2, 0.25) is 29.5 Å². The van der Waals surface area contributed by atoms with Gasteiger partial charge in [0.05, 0.1) is 48.1 Å². The molecule has 0 bridgehead atoms. The third-order valence-electron chi connectivity index (χ3n) is 15.1. The molecule has 408 valence electrons. The van der Waals surface area contributed by atoms with Gasteiger partial charge in [0.1, 0.15) is 45.0 Å². The first-order valence-corrected chi connectivity index (χ1v) is 26.0. The van der Waals surface area contributed by atoms with Crippen molar-refractivity contribution in [2.24, 2.45) is 0 Å². The number of nitrogens with zero attached hydrogens (tertiary/aromatic N) is 2. The maximum atomic E-state index is 15.4. The Morgan fingerprint density at radius 3 is 2.25 bits per heavy atom. The predicted molar refractivity (Wildman–Crippen MR) is 283 cm³/mol. The molecular formula is C58H57FN8O12. The van der Waals surface area contributed by atoms with Crippen molar-refractivity contribution in [1.82, 2.24) is 41.5 Å².